The third-order valence-electron chi connectivity index (χ3n) is 2.37. The molecule has 7 heteroatoms. The molecule has 0 aliphatic heterocycles. The summed E-state index contributed by atoms with van der Waals surface area (Å²) in [5, 5.41) is 2.97. The van der Waals surface area contributed by atoms with Crippen molar-refractivity contribution in [3.63, 3.8) is 0 Å². The number of ether oxygens (including phenoxy) is 2. The number of aromatic nitrogens is 1. The Morgan fingerprint density at radius 2 is 2.10 bits per heavy atom. The lowest BCUT2D eigenvalue weighted by Crippen LogP contribution is -2.45. The van der Waals surface area contributed by atoms with Crippen molar-refractivity contribution >= 4 is 23.7 Å². The minimum absolute atomic E-state index is 0.159. The molecule has 1 rings (SSSR count). The Kier molecular flexibility index (Phi) is 5.96. The van der Waals surface area contributed by atoms with Crippen LogP contribution >= 0.6 is 11.6 Å². The van der Waals surface area contributed by atoms with Crippen molar-refractivity contribution in [1.82, 2.24) is 10.3 Å². The standard InChI is InChI=1S/C14H19ClN2O4/c1-14(2,3)21-13(19)17-11(12(18)20-4)8-10-7-9(15)5-6-16-10/h5-7,11H,8H2,1-4H3,(H,17,19). The minimum Gasteiger partial charge on any atom is -0.467 e. The van der Waals surface area contributed by atoms with Gasteiger partial charge in [0.15, 0.2) is 0 Å². The Morgan fingerprint density at radius 3 is 2.62 bits per heavy atom. The zero-order valence-corrected chi connectivity index (χ0v) is 13.2. The Balaban J connectivity index is 2.77. The summed E-state index contributed by atoms with van der Waals surface area (Å²) < 4.78 is 9.80. The molecule has 0 aliphatic carbocycles. The highest BCUT2D eigenvalue weighted by Crippen LogP contribution is 2.11. The normalized spacial score (nSPS) is 12.4. The Morgan fingerprint density at radius 1 is 1.43 bits per heavy atom. The van der Waals surface area contributed by atoms with E-state index in [2.05, 4.69) is 15.0 Å². The fourth-order valence-electron chi connectivity index (χ4n) is 1.55. The number of hydrogen-bond donors (Lipinski definition) is 1. The molecule has 1 atom stereocenters. The van der Waals surface area contributed by atoms with Crippen LogP contribution in [-0.2, 0) is 20.7 Å². The van der Waals surface area contributed by atoms with E-state index in [-0.39, 0.29) is 6.42 Å². The number of rotatable bonds is 4. The van der Waals surface area contributed by atoms with Crippen molar-refractivity contribution in [2.45, 2.75) is 38.8 Å². The summed E-state index contributed by atoms with van der Waals surface area (Å²) in [5.41, 5.74) is -0.0899. The van der Waals surface area contributed by atoms with E-state index in [4.69, 9.17) is 16.3 Å². The number of amides is 1. The van der Waals surface area contributed by atoms with Gasteiger partial charge in [-0.1, -0.05) is 11.6 Å². The van der Waals surface area contributed by atoms with Crippen LogP contribution in [0.25, 0.3) is 0 Å². The minimum atomic E-state index is -0.893. The molecular weight excluding hydrogens is 296 g/mol. The van der Waals surface area contributed by atoms with Crippen molar-refractivity contribution in [2.75, 3.05) is 7.11 Å². The number of methoxy groups -OCH3 is 1. The zero-order valence-electron chi connectivity index (χ0n) is 12.5. The highest BCUT2D eigenvalue weighted by molar-refractivity contribution is 6.30. The summed E-state index contributed by atoms with van der Waals surface area (Å²) >= 11 is 5.87. The van der Waals surface area contributed by atoms with E-state index < -0.39 is 23.7 Å². The largest absolute Gasteiger partial charge is 0.467 e. The molecule has 0 radical (unpaired) electrons. The highest BCUT2D eigenvalue weighted by atomic mass is 35.5. The fraction of sp³-hybridized carbons (Fsp3) is 0.500. The molecule has 0 aromatic carbocycles. The second-order valence-electron chi connectivity index (χ2n) is 5.39. The molecule has 0 bridgehead atoms. The summed E-state index contributed by atoms with van der Waals surface area (Å²) in [4.78, 5) is 27.6. The number of alkyl carbamates (subject to hydrolysis) is 1. The van der Waals surface area contributed by atoms with Gasteiger partial charge in [0.25, 0.3) is 0 Å². The first-order chi connectivity index (χ1) is 9.71. The van der Waals surface area contributed by atoms with Crippen molar-refractivity contribution in [3.8, 4) is 0 Å². The molecule has 0 fully saturated rings. The number of pyridine rings is 1. The van der Waals surface area contributed by atoms with Crippen LogP contribution in [0, 0.1) is 0 Å². The summed E-state index contributed by atoms with van der Waals surface area (Å²) in [5.74, 6) is -0.581. The molecular formula is C14H19ClN2O4. The van der Waals surface area contributed by atoms with Crippen molar-refractivity contribution < 1.29 is 19.1 Å². The third kappa shape index (κ3) is 6.44. The number of hydrogen-bond acceptors (Lipinski definition) is 5. The monoisotopic (exact) mass is 314 g/mol. The Bertz CT molecular complexity index is 514. The second kappa shape index (κ2) is 7.26. The number of nitrogens with one attached hydrogen (secondary N) is 1. The van der Waals surface area contributed by atoms with Crippen molar-refractivity contribution in [3.05, 3.63) is 29.0 Å². The van der Waals surface area contributed by atoms with Crippen LogP contribution in [-0.4, -0.2) is 35.8 Å². The van der Waals surface area contributed by atoms with E-state index in [1.165, 1.54) is 13.3 Å². The predicted octanol–water partition coefficient (Wildman–Crippen LogP) is 2.34. The van der Waals surface area contributed by atoms with Gasteiger partial charge in [-0.2, -0.15) is 0 Å². The van der Waals surface area contributed by atoms with Crippen LogP contribution in [0.1, 0.15) is 26.5 Å². The van der Waals surface area contributed by atoms with Crippen LogP contribution in [0.4, 0.5) is 4.79 Å². The second-order valence-corrected chi connectivity index (χ2v) is 5.83. The lowest BCUT2D eigenvalue weighted by Gasteiger charge is -2.22. The molecule has 1 aromatic heterocycles. The molecule has 0 spiro atoms. The van der Waals surface area contributed by atoms with Gasteiger partial charge < -0.3 is 14.8 Å². The molecule has 0 saturated carbocycles. The topological polar surface area (TPSA) is 77.5 Å². The third-order valence-corrected chi connectivity index (χ3v) is 2.60. The van der Waals surface area contributed by atoms with E-state index in [9.17, 15) is 9.59 Å². The van der Waals surface area contributed by atoms with E-state index in [1.807, 2.05) is 0 Å². The van der Waals surface area contributed by atoms with E-state index >= 15 is 0 Å². The maximum Gasteiger partial charge on any atom is 0.408 e. The van der Waals surface area contributed by atoms with Crippen molar-refractivity contribution in [2.24, 2.45) is 0 Å². The first-order valence-corrected chi connectivity index (χ1v) is 6.77. The first-order valence-electron chi connectivity index (χ1n) is 6.39. The predicted molar refractivity (Wildman–Crippen MR) is 78.1 cm³/mol. The fourth-order valence-corrected chi connectivity index (χ4v) is 1.74. The molecule has 116 valence electrons. The van der Waals surface area contributed by atoms with Gasteiger partial charge >= 0.3 is 12.1 Å². The van der Waals surface area contributed by atoms with Crippen LogP contribution in [0.2, 0.25) is 5.02 Å². The van der Waals surface area contributed by atoms with E-state index in [0.29, 0.717) is 10.7 Å². The lowest BCUT2D eigenvalue weighted by atomic mass is 10.1. The number of nitrogens with zero attached hydrogens (tertiary/aromatic N) is 1. The summed E-state index contributed by atoms with van der Waals surface area (Å²) in [6.07, 6.45) is 0.992. The van der Waals surface area contributed by atoms with Crippen LogP contribution in [0.3, 0.4) is 0 Å². The van der Waals surface area contributed by atoms with E-state index in [0.717, 1.165) is 0 Å². The molecule has 0 aliphatic rings. The Labute approximate surface area is 128 Å². The maximum atomic E-state index is 11.8. The SMILES string of the molecule is COC(=O)C(Cc1cc(Cl)ccn1)NC(=O)OC(C)(C)C. The average molecular weight is 315 g/mol. The first kappa shape index (κ1) is 17.2. The van der Waals surface area contributed by atoms with Gasteiger partial charge in [0.05, 0.1) is 7.11 Å². The number of halogens is 1. The molecule has 1 heterocycles. The number of carbonyl (C=O) groups is 2. The molecule has 21 heavy (non-hydrogen) atoms. The van der Waals surface area contributed by atoms with E-state index in [1.54, 1.807) is 32.9 Å². The zero-order chi connectivity index (χ0) is 16.0. The summed E-state index contributed by atoms with van der Waals surface area (Å²) in [6, 6.07) is 2.35. The smallest absolute Gasteiger partial charge is 0.408 e. The lowest BCUT2D eigenvalue weighted by molar-refractivity contribution is -0.143. The molecule has 1 amide bonds. The molecule has 1 N–H and O–H groups in total. The highest BCUT2D eigenvalue weighted by Gasteiger charge is 2.25. The van der Waals surface area contributed by atoms with Gasteiger partial charge in [-0.15, -0.1) is 0 Å². The maximum absolute atomic E-state index is 11.8. The van der Waals surface area contributed by atoms with Crippen LogP contribution < -0.4 is 5.32 Å². The van der Waals surface area contributed by atoms with Gasteiger partial charge in [0, 0.05) is 23.3 Å². The van der Waals surface area contributed by atoms with Gasteiger partial charge in [0.2, 0.25) is 0 Å². The number of carbonyl (C=O) groups excluding carboxylic acids is 2. The quantitative estimate of drug-likeness (QED) is 0.863. The summed E-state index contributed by atoms with van der Waals surface area (Å²) in [7, 11) is 1.25. The van der Waals surface area contributed by atoms with Gasteiger partial charge in [-0.05, 0) is 32.9 Å². The van der Waals surface area contributed by atoms with Crippen molar-refractivity contribution in [1.29, 1.82) is 0 Å². The Hall–Kier alpha value is -1.82. The summed E-state index contributed by atoms with van der Waals surface area (Å²) in [6.45, 7) is 5.20. The molecule has 1 unspecified atom stereocenters. The molecule has 0 saturated heterocycles. The molecule has 6 nitrogen and oxygen atoms in total. The van der Waals surface area contributed by atoms with Crippen LogP contribution in [0.15, 0.2) is 18.3 Å². The van der Waals surface area contributed by atoms with Gasteiger partial charge in [-0.3, -0.25) is 4.98 Å². The van der Waals surface area contributed by atoms with Crippen LogP contribution in [0.5, 0.6) is 0 Å². The average Bonchev–Trinajstić information content (AvgIpc) is 2.34. The molecule has 1 aromatic rings. The van der Waals surface area contributed by atoms with Gasteiger partial charge in [0.1, 0.15) is 11.6 Å². The van der Waals surface area contributed by atoms with Gasteiger partial charge in [-0.25, -0.2) is 9.59 Å². The number of esters is 1.